The van der Waals surface area contributed by atoms with Gasteiger partial charge in [-0.25, -0.2) is 0 Å². The molecule has 158 valence electrons. The Balaban J connectivity index is 1.54. The predicted octanol–water partition coefficient (Wildman–Crippen LogP) is 4.60. The molecule has 30 heavy (non-hydrogen) atoms. The van der Waals surface area contributed by atoms with Crippen LogP contribution >= 0.6 is 0 Å². The lowest BCUT2D eigenvalue weighted by Crippen LogP contribution is -2.42. The summed E-state index contributed by atoms with van der Waals surface area (Å²) in [4.78, 5) is 13.5. The highest BCUT2D eigenvalue weighted by molar-refractivity contribution is 5.89. The molecule has 1 aliphatic heterocycles. The van der Waals surface area contributed by atoms with Gasteiger partial charge in [0.05, 0.1) is 23.3 Å². The van der Waals surface area contributed by atoms with E-state index < -0.39 is 0 Å². The quantitative estimate of drug-likeness (QED) is 0.667. The minimum Gasteiger partial charge on any atom is -0.380 e. The fourth-order valence-corrected chi connectivity index (χ4v) is 5.18. The lowest BCUT2D eigenvalue weighted by atomic mass is 9.90. The zero-order valence-electron chi connectivity index (χ0n) is 18.5. The largest absolute Gasteiger partial charge is 0.380 e. The number of H-pyrrole nitrogens is 1. The number of aryl methyl sites for hydroxylation is 3. The van der Waals surface area contributed by atoms with Crippen molar-refractivity contribution in [3.8, 4) is 11.3 Å². The van der Waals surface area contributed by atoms with E-state index in [1.807, 2.05) is 0 Å². The summed E-state index contributed by atoms with van der Waals surface area (Å²) >= 11 is 0. The number of rotatable bonds is 4. The Hall–Kier alpha value is -2.24. The van der Waals surface area contributed by atoms with Gasteiger partial charge in [-0.05, 0) is 62.8 Å². The zero-order valence-corrected chi connectivity index (χ0v) is 18.5. The minimum absolute atomic E-state index is 0.390. The molecule has 5 rings (SSSR count). The Labute approximate surface area is 178 Å². The highest BCUT2D eigenvalue weighted by Gasteiger charge is 2.26. The minimum atomic E-state index is 0.390. The van der Waals surface area contributed by atoms with Gasteiger partial charge >= 0.3 is 0 Å². The van der Waals surface area contributed by atoms with Gasteiger partial charge in [0.25, 0.3) is 0 Å². The van der Waals surface area contributed by atoms with Crippen LogP contribution in [0.25, 0.3) is 22.3 Å². The van der Waals surface area contributed by atoms with Gasteiger partial charge in [0.1, 0.15) is 0 Å². The van der Waals surface area contributed by atoms with Crippen LogP contribution in [0.3, 0.4) is 0 Å². The number of hydrogen-bond acceptors (Lipinski definition) is 4. The van der Waals surface area contributed by atoms with E-state index in [-0.39, 0.29) is 0 Å². The summed E-state index contributed by atoms with van der Waals surface area (Å²) in [6, 6.07) is 7.70. The molecule has 3 aromatic rings. The highest BCUT2D eigenvalue weighted by Crippen LogP contribution is 2.36. The van der Waals surface area contributed by atoms with Gasteiger partial charge in [-0.3, -0.25) is 9.97 Å². The summed E-state index contributed by atoms with van der Waals surface area (Å²) in [5.41, 5.74) is 10.8. The summed E-state index contributed by atoms with van der Waals surface area (Å²) in [6.07, 6.45) is 4.39. The second-order valence-corrected chi connectivity index (χ2v) is 9.36. The first-order valence-electron chi connectivity index (χ1n) is 11.3. The van der Waals surface area contributed by atoms with Crippen LogP contribution < -0.4 is 5.32 Å². The molecular formula is C25H32N4O. The van der Waals surface area contributed by atoms with Gasteiger partial charge in [0.15, 0.2) is 0 Å². The van der Waals surface area contributed by atoms with Crippen LogP contribution in [0.15, 0.2) is 18.2 Å². The molecule has 3 aromatic heterocycles. The Kier molecular flexibility index (Phi) is 5.11. The smallest absolute Gasteiger partial charge is 0.0923 e. The molecule has 5 heteroatoms. The SMILES string of the molecule is Cc1cc(-c2[nH]c3cc4c(nc3c2C(C)C)CC(NC2CCOC2)CC4)cc(C)n1. The fourth-order valence-electron chi connectivity index (χ4n) is 5.18. The highest BCUT2D eigenvalue weighted by atomic mass is 16.5. The van der Waals surface area contributed by atoms with Crippen LogP contribution in [0.5, 0.6) is 0 Å². The fraction of sp³-hybridized carbons (Fsp3) is 0.520. The molecule has 0 bridgehead atoms. The number of aromatic amines is 1. The van der Waals surface area contributed by atoms with E-state index in [9.17, 15) is 0 Å². The van der Waals surface area contributed by atoms with Gasteiger partial charge in [-0.15, -0.1) is 0 Å². The average Bonchev–Trinajstić information content (AvgIpc) is 3.32. The third-order valence-corrected chi connectivity index (χ3v) is 6.53. The molecule has 0 aromatic carbocycles. The molecule has 0 amide bonds. The van der Waals surface area contributed by atoms with Crippen LogP contribution in [0.2, 0.25) is 0 Å². The standard InChI is InChI=1S/C25H32N4O/c1-14(2)23-24(18-9-15(3)26-16(4)10-18)29-22-11-17-5-6-19(12-21(17)28-25(22)23)27-20-7-8-30-13-20/h9-11,14,19-20,27,29H,5-8,12-13H2,1-4H3. The first-order chi connectivity index (χ1) is 14.5. The van der Waals surface area contributed by atoms with E-state index in [1.165, 1.54) is 34.5 Å². The average molecular weight is 405 g/mol. The molecule has 1 fully saturated rings. The molecule has 0 spiro atoms. The topological polar surface area (TPSA) is 62.8 Å². The summed E-state index contributed by atoms with van der Waals surface area (Å²) in [7, 11) is 0. The number of fused-ring (bicyclic) bond motifs is 2. The molecule has 2 unspecified atom stereocenters. The Bertz CT molecular complexity index is 1060. The molecule has 0 radical (unpaired) electrons. The van der Waals surface area contributed by atoms with Crippen LogP contribution in [0.1, 0.15) is 60.8 Å². The van der Waals surface area contributed by atoms with Gasteiger partial charge in [-0.1, -0.05) is 13.8 Å². The maximum atomic E-state index is 5.54. The number of nitrogens with zero attached hydrogens (tertiary/aromatic N) is 2. The van der Waals surface area contributed by atoms with Crippen molar-refractivity contribution in [1.82, 2.24) is 20.3 Å². The van der Waals surface area contributed by atoms with E-state index in [2.05, 4.69) is 61.2 Å². The van der Waals surface area contributed by atoms with Crippen molar-refractivity contribution in [1.29, 1.82) is 0 Å². The Morgan fingerprint density at radius 1 is 1.07 bits per heavy atom. The lowest BCUT2D eigenvalue weighted by Gasteiger charge is -2.27. The lowest BCUT2D eigenvalue weighted by molar-refractivity contribution is 0.187. The van der Waals surface area contributed by atoms with Crippen molar-refractivity contribution in [3.63, 3.8) is 0 Å². The van der Waals surface area contributed by atoms with Crippen molar-refractivity contribution in [2.45, 2.75) is 71.4 Å². The van der Waals surface area contributed by atoms with Crippen LogP contribution in [0.4, 0.5) is 0 Å². The molecule has 2 atom stereocenters. The van der Waals surface area contributed by atoms with Crippen molar-refractivity contribution in [2.24, 2.45) is 0 Å². The maximum absolute atomic E-state index is 5.54. The molecule has 2 N–H and O–H groups in total. The summed E-state index contributed by atoms with van der Waals surface area (Å²) < 4.78 is 5.54. The third-order valence-electron chi connectivity index (χ3n) is 6.53. The van der Waals surface area contributed by atoms with Gasteiger partial charge in [0, 0.05) is 53.3 Å². The molecule has 0 saturated carbocycles. The maximum Gasteiger partial charge on any atom is 0.0923 e. The first kappa shape index (κ1) is 19.7. The zero-order chi connectivity index (χ0) is 20.8. The van der Waals surface area contributed by atoms with Crippen molar-refractivity contribution >= 4 is 11.0 Å². The van der Waals surface area contributed by atoms with Crippen LogP contribution in [0, 0.1) is 13.8 Å². The number of aromatic nitrogens is 3. The van der Waals surface area contributed by atoms with Crippen molar-refractivity contribution in [2.75, 3.05) is 13.2 Å². The number of pyridine rings is 2. The molecule has 2 aliphatic rings. The molecule has 1 saturated heterocycles. The molecular weight excluding hydrogens is 372 g/mol. The van der Waals surface area contributed by atoms with Gasteiger partial charge in [-0.2, -0.15) is 0 Å². The first-order valence-corrected chi connectivity index (χ1v) is 11.3. The molecule has 4 heterocycles. The van der Waals surface area contributed by atoms with E-state index in [1.54, 1.807) is 0 Å². The van der Waals surface area contributed by atoms with E-state index in [0.29, 0.717) is 18.0 Å². The number of nitrogens with one attached hydrogen (secondary N) is 2. The second-order valence-electron chi connectivity index (χ2n) is 9.36. The van der Waals surface area contributed by atoms with Crippen molar-refractivity contribution in [3.05, 3.63) is 46.4 Å². The summed E-state index contributed by atoms with van der Waals surface area (Å²) in [6.45, 7) is 10.4. The number of ether oxygens (including phenoxy) is 1. The van der Waals surface area contributed by atoms with Gasteiger partial charge in [0.2, 0.25) is 0 Å². The van der Waals surface area contributed by atoms with Crippen LogP contribution in [-0.4, -0.2) is 40.2 Å². The summed E-state index contributed by atoms with van der Waals surface area (Å²) in [5, 5.41) is 3.81. The summed E-state index contributed by atoms with van der Waals surface area (Å²) in [5.74, 6) is 0.390. The second kappa shape index (κ2) is 7.78. The predicted molar refractivity (Wildman–Crippen MR) is 121 cm³/mol. The van der Waals surface area contributed by atoms with E-state index in [0.717, 1.165) is 54.9 Å². The number of hydrogen-bond donors (Lipinski definition) is 2. The van der Waals surface area contributed by atoms with E-state index >= 15 is 0 Å². The Morgan fingerprint density at radius 2 is 1.87 bits per heavy atom. The molecule has 5 nitrogen and oxygen atoms in total. The van der Waals surface area contributed by atoms with Crippen LogP contribution in [-0.2, 0) is 17.6 Å². The monoisotopic (exact) mass is 404 g/mol. The van der Waals surface area contributed by atoms with Gasteiger partial charge < -0.3 is 15.0 Å². The van der Waals surface area contributed by atoms with Crippen molar-refractivity contribution < 1.29 is 4.74 Å². The normalized spacial score (nSPS) is 21.5. The Morgan fingerprint density at radius 3 is 2.57 bits per heavy atom. The molecule has 1 aliphatic carbocycles. The van der Waals surface area contributed by atoms with E-state index in [4.69, 9.17) is 9.72 Å². The third kappa shape index (κ3) is 3.65.